The summed E-state index contributed by atoms with van der Waals surface area (Å²) in [5.41, 5.74) is 1.10. The van der Waals surface area contributed by atoms with E-state index in [1.54, 1.807) is 12.4 Å². The second kappa shape index (κ2) is 4.19. The smallest absolute Gasteiger partial charge is 0.0617 e. The van der Waals surface area contributed by atoms with E-state index in [1.807, 2.05) is 6.20 Å². The molecule has 2 unspecified atom stereocenters. The summed E-state index contributed by atoms with van der Waals surface area (Å²) in [7, 11) is 0. The molecular formula is C10H16N2. The summed E-state index contributed by atoms with van der Waals surface area (Å²) in [6, 6.07) is 0. The number of hydrogen-bond donors (Lipinski definition) is 0. The topological polar surface area (TPSA) is 25.8 Å². The van der Waals surface area contributed by atoms with Crippen LogP contribution in [0.3, 0.4) is 0 Å². The molecule has 2 atom stereocenters. The summed E-state index contributed by atoms with van der Waals surface area (Å²) in [5, 5.41) is 0. The lowest BCUT2D eigenvalue weighted by Crippen LogP contribution is -2.06. The van der Waals surface area contributed by atoms with Crippen LogP contribution in [-0.2, 0) is 0 Å². The van der Waals surface area contributed by atoms with Gasteiger partial charge in [-0.2, -0.15) is 0 Å². The molecule has 0 spiro atoms. The van der Waals surface area contributed by atoms with Crippen molar-refractivity contribution in [2.24, 2.45) is 5.92 Å². The molecule has 2 heteroatoms. The first kappa shape index (κ1) is 9.17. The van der Waals surface area contributed by atoms with Gasteiger partial charge in [-0.3, -0.25) is 9.97 Å². The maximum atomic E-state index is 4.29. The van der Waals surface area contributed by atoms with Crippen LogP contribution < -0.4 is 0 Å². The Balaban J connectivity index is 2.71. The molecule has 1 rings (SSSR count). The standard InChI is InChI=1S/C10H16N2/c1-4-8(2)9(3)10-7-11-5-6-12-10/h5-9H,4H2,1-3H3. The van der Waals surface area contributed by atoms with Gasteiger partial charge in [-0.1, -0.05) is 27.2 Å². The molecule has 0 aliphatic carbocycles. The van der Waals surface area contributed by atoms with E-state index in [-0.39, 0.29) is 0 Å². The van der Waals surface area contributed by atoms with Gasteiger partial charge in [0.2, 0.25) is 0 Å². The van der Waals surface area contributed by atoms with Gasteiger partial charge in [-0.15, -0.1) is 0 Å². The van der Waals surface area contributed by atoms with Gasteiger partial charge in [0.05, 0.1) is 5.69 Å². The monoisotopic (exact) mass is 164 g/mol. The van der Waals surface area contributed by atoms with Crippen LogP contribution in [0.1, 0.15) is 38.8 Å². The minimum Gasteiger partial charge on any atom is -0.261 e. The van der Waals surface area contributed by atoms with E-state index >= 15 is 0 Å². The molecule has 0 aliphatic rings. The Hall–Kier alpha value is -0.920. The van der Waals surface area contributed by atoms with Gasteiger partial charge in [0.25, 0.3) is 0 Å². The van der Waals surface area contributed by atoms with Crippen molar-refractivity contribution in [3.63, 3.8) is 0 Å². The lowest BCUT2D eigenvalue weighted by molar-refractivity contribution is 0.463. The molecule has 0 N–H and O–H groups in total. The quantitative estimate of drug-likeness (QED) is 0.686. The molecule has 0 saturated heterocycles. The van der Waals surface area contributed by atoms with Crippen molar-refractivity contribution in [3.05, 3.63) is 24.3 Å². The third-order valence-corrected chi connectivity index (χ3v) is 2.55. The average Bonchev–Trinajstić information content (AvgIpc) is 2.17. The summed E-state index contributed by atoms with van der Waals surface area (Å²) in [6.07, 6.45) is 6.52. The van der Waals surface area contributed by atoms with Gasteiger partial charge >= 0.3 is 0 Å². The molecule has 0 amide bonds. The van der Waals surface area contributed by atoms with Crippen molar-refractivity contribution >= 4 is 0 Å². The first-order valence-electron chi connectivity index (χ1n) is 4.51. The Morgan fingerprint density at radius 3 is 2.58 bits per heavy atom. The number of rotatable bonds is 3. The van der Waals surface area contributed by atoms with Crippen LogP contribution in [-0.4, -0.2) is 9.97 Å². The molecule has 66 valence electrons. The van der Waals surface area contributed by atoms with Crippen LogP contribution in [0.25, 0.3) is 0 Å². The number of nitrogens with zero attached hydrogens (tertiary/aromatic N) is 2. The molecule has 0 saturated carbocycles. The zero-order valence-corrected chi connectivity index (χ0v) is 7.99. The first-order valence-corrected chi connectivity index (χ1v) is 4.51. The van der Waals surface area contributed by atoms with Crippen LogP contribution in [0.15, 0.2) is 18.6 Å². The lowest BCUT2D eigenvalue weighted by atomic mass is 9.91. The molecule has 0 aromatic carbocycles. The Morgan fingerprint density at radius 2 is 2.08 bits per heavy atom. The zero-order valence-electron chi connectivity index (χ0n) is 7.99. The van der Waals surface area contributed by atoms with Crippen LogP contribution in [0, 0.1) is 5.92 Å². The Bertz CT molecular complexity index is 221. The van der Waals surface area contributed by atoms with Crippen molar-refractivity contribution in [2.75, 3.05) is 0 Å². The predicted octanol–water partition coefficient (Wildman–Crippen LogP) is 2.63. The molecule has 1 aromatic rings. The third-order valence-electron chi connectivity index (χ3n) is 2.55. The maximum Gasteiger partial charge on any atom is 0.0617 e. The summed E-state index contributed by atoms with van der Waals surface area (Å²) < 4.78 is 0. The van der Waals surface area contributed by atoms with Gasteiger partial charge < -0.3 is 0 Å². The van der Waals surface area contributed by atoms with Gasteiger partial charge in [0.15, 0.2) is 0 Å². The predicted molar refractivity (Wildman–Crippen MR) is 49.9 cm³/mol. The lowest BCUT2D eigenvalue weighted by Gasteiger charge is -2.16. The number of aromatic nitrogens is 2. The summed E-state index contributed by atoms with van der Waals surface area (Å²) in [5.74, 6) is 1.20. The fourth-order valence-electron chi connectivity index (χ4n) is 1.19. The Morgan fingerprint density at radius 1 is 1.33 bits per heavy atom. The highest BCUT2D eigenvalue weighted by Gasteiger charge is 2.13. The fourth-order valence-corrected chi connectivity index (χ4v) is 1.19. The van der Waals surface area contributed by atoms with E-state index in [4.69, 9.17) is 0 Å². The SMILES string of the molecule is CCC(C)C(C)c1cnccn1. The Kier molecular flexibility index (Phi) is 3.20. The largest absolute Gasteiger partial charge is 0.261 e. The highest BCUT2D eigenvalue weighted by atomic mass is 14.8. The van der Waals surface area contributed by atoms with Gasteiger partial charge in [-0.25, -0.2) is 0 Å². The van der Waals surface area contributed by atoms with Gasteiger partial charge in [0, 0.05) is 24.5 Å². The van der Waals surface area contributed by atoms with Crippen molar-refractivity contribution in [1.82, 2.24) is 9.97 Å². The van der Waals surface area contributed by atoms with Crippen LogP contribution in [0.5, 0.6) is 0 Å². The molecular weight excluding hydrogens is 148 g/mol. The highest BCUT2D eigenvalue weighted by Crippen LogP contribution is 2.23. The minimum absolute atomic E-state index is 0.517. The summed E-state index contributed by atoms with van der Waals surface area (Å²) >= 11 is 0. The third kappa shape index (κ3) is 2.03. The molecule has 1 heterocycles. The molecule has 1 aromatic heterocycles. The molecule has 0 fully saturated rings. The molecule has 12 heavy (non-hydrogen) atoms. The van der Waals surface area contributed by atoms with Crippen molar-refractivity contribution in [3.8, 4) is 0 Å². The van der Waals surface area contributed by atoms with E-state index in [1.165, 1.54) is 6.42 Å². The summed E-state index contributed by atoms with van der Waals surface area (Å²) in [4.78, 5) is 8.35. The van der Waals surface area contributed by atoms with Crippen molar-refractivity contribution in [2.45, 2.75) is 33.1 Å². The Labute approximate surface area is 74.1 Å². The fraction of sp³-hybridized carbons (Fsp3) is 0.600. The molecule has 0 aliphatic heterocycles. The normalized spacial score (nSPS) is 15.6. The van der Waals surface area contributed by atoms with Crippen LogP contribution in [0.4, 0.5) is 0 Å². The van der Waals surface area contributed by atoms with E-state index < -0.39 is 0 Å². The molecule has 2 nitrogen and oxygen atoms in total. The molecule has 0 radical (unpaired) electrons. The first-order chi connectivity index (χ1) is 5.75. The van der Waals surface area contributed by atoms with Gasteiger partial charge in [0.1, 0.15) is 0 Å². The van der Waals surface area contributed by atoms with Crippen LogP contribution in [0.2, 0.25) is 0 Å². The maximum absolute atomic E-state index is 4.29. The average molecular weight is 164 g/mol. The minimum atomic E-state index is 0.517. The van der Waals surface area contributed by atoms with E-state index in [0.717, 1.165) is 5.69 Å². The van der Waals surface area contributed by atoms with Gasteiger partial charge in [-0.05, 0) is 5.92 Å². The summed E-state index contributed by atoms with van der Waals surface area (Å²) in [6.45, 7) is 6.66. The van der Waals surface area contributed by atoms with E-state index in [0.29, 0.717) is 11.8 Å². The second-order valence-electron chi connectivity index (χ2n) is 3.30. The second-order valence-corrected chi connectivity index (χ2v) is 3.30. The van der Waals surface area contributed by atoms with E-state index in [9.17, 15) is 0 Å². The van der Waals surface area contributed by atoms with Crippen molar-refractivity contribution < 1.29 is 0 Å². The van der Waals surface area contributed by atoms with Crippen LogP contribution >= 0.6 is 0 Å². The molecule has 0 bridgehead atoms. The number of hydrogen-bond acceptors (Lipinski definition) is 2. The highest BCUT2D eigenvalue weighted by molar-refractivity contribution is 5.02. The van der Waals surface area contributed by atoms with E-state index in [2.05, 4.69) is 30.7 Å². The zero-order chi connectivity index (χ0) is 8.97. The van der Waals surface area contributed by atoms with Crippen molar-refractivity contribution in [1.29, 1.82) is 0 Å².